The van der Waals surface area contributed by atoms with Crippen LogP contribution >= 0.6 is 27.5 Å². The maximum atomic E-state index is 13.0. The maximum Gasteiger partial charge on any atom is 0.248 e. The molecule has 0 saturated carbocycles. The fourth-order valence-electron chi connectivity index (χ4n) is 1.55. The van der Waals surface area contributed by atoms with Crippen LogP contribution < -0.4 is 5.32 Å². The Morgan fingerprint density at radius 1 is 1.25 bits per heavy atom. The van der Waals surface area contributed by atoms with Crippen molar-refractivity contribution in [3.05, 3.63) is 69.4 Å². The SMILES string of the molecule is O=C(/C=C/c1cccc(F)c1)Nc1ccc(Br)cc1Cl. The monoisotopic (exact) mass is 353 g/mol. The number of carbonyl (C=O) groups excluding carboxylic acids is 1. The molecule has 0 bridgehead atoms. The lowest BCUT2D eigenvalue weighted by molar-refractivity contribution is -0.111. The number of hydrogen-bond acceptors (Lipinski definition) is 1. The van der Waals surface area contributed by atoms with Gasteiger partial charge in [-0.25, -0.2) is 4.39 Å². The Labute approximate surface area is 129 Å². The zero-order chi connectivity index (χ0) is 14.5. The first-order chi connectivity index (χ1) is 9.54. The highest BCUT2D eigenvalue weighted by atomic mass is 79.9. The number of rotatable bonds is 3. The third-order valence-corrected chi connectivity index (χ3v) is 3.27. The van der Waals surface area contributed by atoms with Gasteiger partial charge in [0.05, 0.1) is 10.7 Å². The molecule has 0 radical (unpaired) electrons. The molecule has 0 fully saturated rings. The van der Waals surface area contributed by atoms with Crippen molar-refractivity contribution in [2.45, 2.75) is 0 Å². The van der Waals surface area contributed by atoms with E-state index < -0.39 is 0 Å². The molecule has 0 spiro atoms. The number of anilines is 1. The zero-order valence-electron chi connectivity index (χ0n) is 10.2. The lowest BCUT2D eigenvalue weighted by Gasteiger charge is -2.05. The Balaban J connectivity index is 2.05. The summed E-state index contributed by atoms with van der Waals surface area (Å²) in [7, 11) is 0. The van der Waals surface area contributed by atoms with Crippen molar-refractivity contribution in [3.8, 4) is 0 Å². The number of carbonyl (C=O) groups is 1. The highest BCUT2D eigenvalue weighted by Gasteiger charge is 2.03. The summed E-state index contributed by atoms with van der Waals surface area (Å²) in [5.41, 5.74) is 1.13. The Morgan fingerprint density at radius 2 is 2.05 bits per heavy atom. The molecule has 1 N–H and O–H groups in total. The molecule has 0 heterocycles. The third-order valence-electron chi connectivity index (χ3n) is 2.46. The van der Waals surface area contributed by atoms with Crippen molar-refractivity contribution >= 4 is 45.2 Å². The van der Waals surface area contributed by atoms with Crippen molar-refractivity contribution in [2.75, 3.05) is 5.32 Å². The molecule has 1 amide bonds. The summed E-state index contributed by atoms with van der Waals surface area (Å²) in [5.74, 6) is -0.679. The van der Waals surface area contributed by atoms with Crippen molar-refractivity contribution < 1.29 is 9.18 Å². The molecule has 2 rings (SSSR count). The van der Waals surface area contributed by atoms with E-state index in [0.717, 1.165) is 4.47 Å². The van der Waals surface area contributed by atoms with Crippen LogP contribution in [0.15, 0.2) is 53.0 Å². The Kier molecular flexibility index (Phi) is 4.93. The Morgan fingerprint density at radius 3 is 2.75 bits per heavy atom. The van der Waals surface area contributed by atoms with Gasteiger partial charge < -0.3 is 5.32 Å². The molecule has 102 valence electrons. The van der Waals surface area contributed by atoms with Crippen LogP contribution in [0.1, 0.15) is 5.56 Å². The second-order valence-electron chi connectivity index (χ2n) is 4.00. The summed E-state index contributed by atoms with van der Waals surface area (Å²) >= 11 is 9.28. The summed E-state index contributed by atoms with van der Waals surface area (Å²) in [6.45, 7) is 0. The van der Waals surface area contributed by atoms with E-state index in [1.165, 1.54) is 24.3 Å². The number of hydrogen-bond donors (Lipinski definition) is 1. The lowest BCUT2D eigenvalue weighted by Crippen LogP contribution is -2.08. The molecular weight excluding hydrogens is 345 g/mol. The Bertz CT molecular complexity index is 673. The van der Waals surface area contributed by atoms with Crippen LogP contribution in [0.5, 0.6) is 0 Å². The molecular formula is C15H10BrClFNO. The number of nitrogens with one attached hydrogen (secondary N) is 1. The summed E-state index contributed by atoms with van der Waals surface area (Å²) in [6.07, 6.45) is 2.86. The predicted octanol–water partition coefficient (Wildman–Crippen LogP) is 4.89. The van der Waals surface area contributed by atoms with Gasteiger partial charge in [0.15, 0.2) is 0 Å². The van der Waals surface area contributed by atoms with Crippen LogP contribution in [0.4, 0.5) is 10.1 Å². The fourth-order valence-corrected chi connectivity index (χ4v) is 2.27. The molecule has 0 aliphatic rings. The molecule has 0 saturated heterocycles. The van der Waals surface area contributed by atoms with E-state index in [-0.39, 0.29) is 11.7 Å². The second kappa shape index (κ2) is 6.68. The van der Waals surface area contributed by atoms with Crippen LogP contribution in [0.2, 0.25) is 5.02 Å². The molecule has 0 atom stereocenters. The zero-order valence-corrected chi connectivity index (χ0v) is 12.6. The van der Waals surface area contributed by atoms with Crippen molar-refractivity contribution in [2.24, 2.45) is 0 Å². The first-order valence-electron chi connectivity index (χ1n) is 5.74. The lowest BCUT2D eigenvalue weighted by atomic mass is 10.2. The van der Waals surface area contributed by atoms with E-state index in [1.54, 1.807) is 30.3 Å². The van der Waals surface area contributed by atoms with Crippen LogP contribution in [-0.2, 0) is 4.79 Å². The van der Waals surface area contributed by atoms with E-state index in [0.29, 0.717) is 16.3 Å². The van der Waals surface area contributed by atoms with Gasteiger partial charge in [-0.1, -0.05) is 39.7 Å². The normalized spacial score (nSPS) is 10.8. The molecule has 20 heavy (non-hydrogen) atoms. The van der Waals surface area contributed by atoms with Crippen LogP contribution in [0.3, 0.4) is 0 Å². The second-order valence-corrected chi connectivity index (χ2v) is 5.32. The van der Waals surface area contributed by atoms with Crippen molar-refractivity contribution in [3.63, 3.8) is 0 Å². The summed E-state index contributed by atoms with van der Waals surface area (Å²) < 4.78 is 13.8. The molecule has 0 unspecified atom stereocenters. The van der Waals surface area contributed by atoms with E-state index in [9.17, 15) is 9.18 Å². The molecule has 2 aromatic rings. The predicted molar refractivity (Wildman–Crippen MR) is 83.2 cm³/mol. The minimum atomic E-state index is -0.344. The molecule has 0 aromatic heterocycles. The molecule has 0 aliphatic heterocycles. The van der Waals surface area contributed by atoms with E-state index >= 15 is 0 Å². The summed E-state index contributed by atoms with van der Waals surface area (Å²) in [4.78, 5) is 11.7. The van der Waals surface area contributed by atoms with Crippen LogP contribution in [0.25, 0.3) is 6.08 Å². The molecule has 5 heteroatoms. The first-order valence-corrected chi connectivity index (χ1v) is 6.91. The van der Waals surface area contributed by atoms with Crippen LogP contribution in [0, 0.1) is 5.82 Å². The van der Waals surface area contributed by atoms with Crippen molar-refractivity contribution in [1.29, 1.82) is 0 Å². The maximum absolute atomic E-state index is 13.0. The van der Waals surface area contributed by atoms with Gasteiger partial charge in [0.1, 0.15) is 5.82 Å². The summed E-state index contributed by atoms with van der Waals surface area (Å²) in [6, 6.07) is 11.1. The molecule has 2 aromatic carbocycles. The van der Waals surface area contributed by atoms with E-state index in [4.69, 9.17) is 11.6 Å². The largest absolute Gasteiger partial charge is 0.321 e. The number of amides is 1. The number of halogens is 3. The van der Waals surface area contributed by atoms with Gasteiger partial charge >= 0.3 is 0 Å². The van der Waals surface area contributed by atoms with Gasteiger partial charge in [-0.2, -0.15) is 0 Å². The topological polar surface area (TPSA) is 29.1 Å². The fraction of sp³-hybridized carbons (Fsp3) is 0. The third kappa shape index (κ3) is 4.18. The smallest absolute Gasteiger partial charge is 0.248 e. The average molecular weight is 355 g/mol. The van der Waals surface area contributed by atoms with Gasteiger partial charge in [-0.15, -0.1) is 0 Å². The molecule has 2 nitrogen and oxygen atoms in total. The average Bonchev–Trinajstić information content (AvgIpc) is 2.40. The minimum absolute atomic E-state index is 0.335. The first kappa shape index (κ1) is 14.8. The standard InChI is InChI=1S/C15H10BrClFNO/c16-11-5-6-14(13(17)9-11)19-15(20)7-4-10-2-1-3-12(18)8-10/h1-9H,(H,19,20)/b7-4+. The van der Waals surface area contributed by atoms with E-state index in [2.05, 4.69) is 21.2 Å². The quantitative estimate of drug-likeness (QED) is 0.781. The highest BCUT2D eigenvalue weighted by molar-refractivity contribution is 9.10. The van der Waals surface area contributed by atoms with Crippen LogP contribution in [-0.4, -0.2) is 5.91 Å². The summed E-state index contributed by atoms with van der Waals surface area (Å²) in [5, 5.41) is 3.09. The van der Waals surface area contributed by atoms with Gasteiger partial charge in [0.2, 0.25) is 5.91 Å². The molecule has 0 aliphatic carbocycles. The van der Waals surface area contributed by atoms with Crippen molar-refractivity contribution in [1.82, 2.24) is 0 Å². The van der Waals surface area contributed by atoms with Gasteiger partial charge in [0, 0.05) is 10.5 Å². The highest BCUT2D eigenvalue weighted by Crippen LogP contribution is 2.25. The Hall–Kier alpha value is -1.65. The number of benzene rings is 2. The minimum Gasteiger partial charge on any atom is -0.321 e. The van der Waals surface area contributed by atoms with Gasteiger partial charge in [-0.3, -0.25) is 4.79 Å². The van der Waals surface area contributed by atoms with E-state index in [1.807, 2.05) is 0 Å². The van der Waals surface area contributed by atoms with Gasteiger partial charge in [0.25, 0.3) is 0 Å². The van der Waals surface area contributed by atoms with Gasteiger partial charge in [-0.05, 0) is 42.0 Å².